The van der Waals surface area contributed by atoms with E-state index in [-0.39, 0.29) is 12.5 Å². The molecule has 1 aromatic carbocycles. The number of halogens is 1. The van der Waals surface area contributed by atoms with Gasteiger partial charge in [-0.05, 0) is 49.9 Å². The van der Waals surface area contributed by atoms with E-state index in [1.807, 2.05) is 17.9 Å². The second-order valence-electron chi connectivity index (χ2n) is 4.64. The zero-order valence-electron chi connectivity index (χ0n) is 10.6. The van der Waals surface area contributed by atoms with E-state index in [1.54, 1.807) is 12.1 Å². The number of carbonyl (C=O) groups is 1. The fourth-order valence-corrected chi connectivity index (χ4v) is 2.38. The van der Waals surface area contributed by atoms with E-state index in [9.17, 15) is 4.79 Å². The van der Waals surface area contributed by atoms with Crippen molar-refractivity contribution >= 4 is 17.5 Å². The van der Waals surface area contributed by atoms with Crippen molar-refractivity contribution in [2.75, 3.05) is 19.7 Å². The van der Waals surface area contributed by atoms with Crippen LogP contribution in [0.15, 0.2) is 18.2 Å². The molecular formula is C14H18ClNO2. The Bertz CT molecular complexity index is 428. The maximum absolute atomic E-state index is 11.9. The van der Waals surface area contributed by atoms with E-state index < -0.39 is 0 Å². The van der Waals surface area contributed by atoms with E-state index >= 15 is 0 Å². The molecule has 0 N–H and O–H groups in total. The highest BCUT2D eigenvalue weighted by molar-refractivity contribution is 6.30. The lowest BCUT2D eigenvalue weighted by Gasteiger charge is -2.26. The van der Waals surface area contributed by atoms with Crippen LogP contribution in [0.1, 0.15) is 24.8 Å². The van der Waals surface area contributed by atoms with Crippen molar-refractivity contribution in [3.8, 4) is 5.75 Å². The molecule has 0 aliphatic carbocycles. The summed E-state index contributed by atoms with van der Waals surface area (Å²) in [6.07, 6.45) is 3.43. The van der Waals surface area contributed by atoms with Crippen molar-refractivity contribution in [1.82, 2.24) is 4.90 Å². The predicted molar refractivity (Wildman–Crippen MR) is 72.1 cm³/mol. The molecule has 4 heteroatoms. The van der Waals surface area contributed by atoms with E-state index in [1.165, 1.54) is 6.42 Å². The minimum Gasteiger partial charge on any atom is -0.483 e. The highest BCUT2D eigenvalue weighted by atomic mass is 35.5. The Kier molecular flexibility index (Phi) is 4.48. The Morgan fingerprint density at radius 3 is 2.72 bits per heavy atom. The minimum absolute atomic E-state index is 0.0732. The molecule has 1 aliphatic rings. The number of rotatable bonds is 3. The number of nitrogens with zero attached hydrogens (tertiary/aromatic N) is 1. The number of likely N-dealkylation sites (tertiary alicyclic amines) is 1. The number of piperidine rings is 1. The minimum atomic E-state index is 0.0732. The number of ether oxygens (including phenoxy) is 1. The summed E-state index contributed by atoms with van der Waals surface area (Å²) >= 11 is 5.87. The van der Waals surface area contributed by atoms with Crippen molar-refractivity contribution in [2.24, 2.45) is 0 Å². The van der Waals surface area contributed by atoms with Crippen LogP contribution in [-0.2, 0) is 4.79 Å². The fourth-order valence-electron chi connectivity index (χ4n) is 2.15. The van der Waals surface area contributed by atoms with Crippen LogP contribution in [0.5, 0.6) is 5.75 Å². The third-order valence-corrected chi connectivity index (χ3v) is 3.43. The fraction of sp³-hybridized carbons (Fsp3) is 0.500. The normalized spacial score (nSPS) is 15.6. The van der Waals surface area contributed by atoms with Crippen molar-refractivity contribution in [1.29, 1.82) is 0 Å². The van der Waals surface area contributed by atoms with Gasteiger partial charge in [0.05, 0.1) is 0 Å². The maximum atomic E-state index is 11.9. The molecule has 1 heterocycles. The SMILES string of the molecule is Cc1cc(Cl)ccc1OCC(=O)N1CCCCC1. The molecule has 0 spiro atoms. The standard InChI is InChI=1S/C14H18ClNO2/c1-11-9-12(15)5-6-13(11)18-10-14(17)16-7-3-2-4-8-16/h5-6,9H,2-4,7-8,10H2,1H3. The monoisotopic (exact) mass is 267 g/mol. The highest BCUT2D eigenvalue weighted by Crippen LogP contribution is 2.21. The molecule has 98 valence electrons. The number of amides is 1. The Morgan fingerprint density at radius 1 is 1.33 bits per heavy atom. The summed E-state index contributed by atoms with van der Waals surface area (Å²) in [7, 11) is 0. The van der Waals surface area contributed by atoms with Crippen molar-refractivity contribution in [3.05, 3.63) is 28.8 Å². The smallest absolute Gasteiger partial charge is 0.260 e. The highest BCUT2D eigenvalue weighted by Gasteiger charge is 2.16. The van der Waals surface area contributed by atoms with E-state index in [2.05, 4.69) is 0 Å². The van der Waals surface area contributed by atoms with Gasteiger partial charge in [0.25, 0.3) is 5.91 Å². The zero-order chi connectivity index (χ0) is 13.0. The number of benzene rings is 1. The van der Waals surface area contributed by atoms with Gasteiger partial charge in [-0.15, -0.1) is 0 Å². The summed E-state index contributed by atoms with van der Waals surface area (Å²) in [5.41, 5.74) is 0.953. The molecule has 1 amide bonds. The first kappa shape index (κ1) is 13.2. The first-order valence-electron chi connectivity index (χ1n) is 6.33. The summed E-state index contributed by atoms with van der Waals surface area (Å²) in [6.45, 7) is 3.76. The Hall–Kier alpha value is -1.22. The number of hydrogen-bond donors (Lipinski definition) is 0. The number of aryl methyl sites for hydroxylation is 1. The molecule has 0 radical (unpaired) electrons. The van der Waals surface area contributed by atoms with Gasteiger partial charge in [0.1, 0.15) is 5.75 Å². The molecular weight excluding hydrogens is 250 g/mol. The van der Waals surface area contributed by atoms with Crippen LogP contribution >= 0.6 is 11.6 Å². The first-order valence-corrected chi connectivity index (χ1v) is 6.71. The Balaban J connectivity index is 1.88. The first-order chi connectivity index (χ1) is 8.66. The lowest BCUT2D eigenvalue weighted by molar-refractivity contribution is -0.134. The summed E-state index contributed by atoms with van der Waals surface area (Å²) in [6, 6.07) is 5.42. The molecule has 0 bridgehead atoms. The van der Waals surface area contributed by atoms with Crippen LogP contribution in [0.25, 0.3) is 0 Å². The van der Waals surface area contributed by atoms with Crippen molar-refractivity contribution in [3.63, 3.8) is 0 Å². The Morgan fingerprint density at radius 2 is 2.06 bits per heavy atom. The predicted octanol–water partition coefficient (Wildman–Crippen LogP) is 3.04. The summed E-state index contributed by atoms with van der Waals surface area (Å²) in [5, 5.41) is 0.683. The van der Waals surface area contributed by atoms with Crippen molar-refractivity contribution < 1.29 is 9.53 Å². The molecule has 1 saturated heterocycles. The van der Waals surface area contributed by atoms with Gasteiger partial charge in [-0.3, -0.25) is 4.79 Å². The van der Waals surface area contributed by atoms with Gasteiger partial charge in [-0.1, -0.05) is 11.6 Å². The molecule has 0 aromatic heterocycles. The third kappa shape index (κ3) is 3.39. The van der Waals surface area contributed by atoms with Crippen LogP contribution in [0, 0.1) is 6.92 Å². The average Bonchev–Trinajstić information content (AvgIpc) is 2.38. The number of hydrogen-bond acceptors (Lipinski definition) is 2. The van der Waals surface area contributed by atoms with Crippen LogP contribution in [0.2, 0.25) is 5.02 Å². The number of carbonyl (C=O) groups excluding carboxylic acids is 1. The average molecular weight is 268 g/mol. The zero-order valence-corrected chi connectivity index (χ0v) is 11.4. The van der Waals surface area contributed by atoms with Crippen molar-refractivity contribution in [2.45, 2.75) is 26.2 Å². The van der Waals surface area contributed by atoms with E-state index in [4.69, 9.17) is 16.3 Å². The molecule has 0 atom stereocenters. The summed E-state index contributed by atoms with van der Waals surface area (Å²) in [5.74, 6) is 0.800. The van der Waals surface area contributed by atoms with Gasteiger partial charge in [-0.25, -0.2) is 0 Å². The molecule has 2 rings (SSSR count). The van der Waals surface area contributed by atoms with Gasteiger partial charge < -0.3 is 9.64 Å². The van der Waals surface area contributed by atoms with E-state index in [0.717, 1.165) is 37.2 Å². The quantitative estimate of drug-likeness (QED) is 0.842. The van der Waals surface area contributed by atoms with E-state index in [0.29, 0.717) is 5.02 Å². The van der Waals surface area contributed by atoms with Crippen LogP contribution in [0.4, 0.5) is 0 Å². The molecule has 0 unspecified atom stereocenters. The maximum Gasteiger partial charge on any atom is 0.260 e. The lowest BCUT2D eigenvalue weighted by atomic mass is 10.1. The molecule has 3 nitrogen and oxygen atoms in total. The second kappa shape index (κ2) is 6.10. The summed E-state index contributed by atoms with van der Waals surface area (Å²) in [4.78, 5) is 13.8. The van der Waals surface area contributed by atoms with Gasteiger partial charge in [-0.2, -0.15) is 0 Å². The van der Waals surface area contributed by atoms with Gasteiger partial charge >= 0.3 is 0 Å². The topological polar surface area (TPSA) is 29.5 Å². The lowest BCUT2D eigenvalue weighted by Crippen LogP contribution is -2.38. The molecule has 1 aromatic rings. The molecule has 1 aliphatic heterocycles. The van der Waals surface area contributed by atoms with Crippen LogP contribution < -0.4 is 4.74 Å². The largest absolute Gasteiger partial charge is 0.483 e. The van der Waals surface area contributed by atoms with Crippen LogP contribution in [0.3, 0.4) is 0 Å². The molecule has 18 heavy (non-hydrogen) atoms. The third-order valence-electron chi connectivity index (χ3n) is 3.20. The second-order valence-corrected chi connectivity index (χ2v) is 5.08. The van der Waals surface area contributed by atoms with Gasteiger partial charge in [0, 0.05) is 18.1 Å². The van der Waals surface area contributed by atoms with Gasteiger partial charge in [0.15, 0.2) is 6.61 Å². The van der Waals surface area contributed by atoms with Gasteiger partial charge in [0.2, 0.25) is 0 Å². The Labute approximate surface area is 113 Å². The molecule has 0 saturated carbocycles. The molecule has 1 fully saturated rings. The summed E-state index contributed by atoms with van der Waals surface area (Å²) < 4.78 is 5.56. The van der Waals surface area contributed by atoms with Crippen LogP contribution in [-0.4, -0.2) is 30.5 Å².